The first-order chi connectivity index (χ1) is 15.6. The van der Waals surface area contributed by atoms with Gasteiger partial charge in [0, 0.05) is 0 Å². The lowest BCUT2D eigenvalue weighted by Crippen LogP contribution is -2.33. The van der Waals surface area contributed by atoms with E-state index >= 15 is 0 Å². The molecule has 7 heteroatoms. The van der Waals surface area contributed by atoms with Crippen LogP contribution in [0.2, 0.25) is 0 Å². The molecule has 3 fully saturated rings. The first-order valence-corrected chi connectivity index (χ1v) is 11.4. The number of carbonyl (C=O) groups excluding carboxylic acids is 3. The van der Waals surface area contributed by atoms with Gasteiger partial charge in [0.25, 0.3) is 0 Å². The molecule has 1 saturated heterocycles. The van der Waals surface area contributed by atoms with Gasteiger partial charge in [-0.3, -0.25) is 9.59 Å². The van der Waals surface area contributed by atoms with Crippen molar-refractivity contribution >= 4 is 29.2 Å². The van der Waals surface area contributed by atoms with Gasteiger partial charge >= 0.3 is 17.8 Å². The minimum Gasteiger partial charge on any atom is -0.490 e. The molecule has 166 valence electrons. The number of ether oxygens (including phenoxy) is 2. The topological polar surface area (TPSA) is 76.2 Å². The van der Waals surface area contributed by atoms with Crippen molar-refractivity contribution < 1.29 is 23.9 Å². The Labute approximate surface area is 186 Å². The van der Waals surface area contributed by atoms with Crippen molar-refractivity contribution in [2.24, 2.45) is 0 Å². The first-order valence-electron chi connectivity index (χ1n) is 11.4. The van der Waals surface area contributed by atoms with Crippen molar-refractivity contribution in [3.63, 3.8) is 0 Å². The zero-order valence-electron chi connectivity index (χ0n) is 17.9. The largest absolute Gasteiger partial charge is 0.490 e. The normalized spacial score (nSPS) is 19.9. The van der Waals surface area contributed by atoms with Gasteiger partial charge in [-0.1, -0.05) is 0 Å². The average molecular weight is 434 g/mol. The van der Waals surface area contributed by atoms with Gasteiger partial charge in [-0.15, -0.1) is 0 Å². The number of benzene rings is 2. The molecular weight excluding hydrogens is 408 g/mol. The van der Waals surface area contributed by atoms with Crippen LogP contribution in [0.3, 0.4) is 0 Å². The van der Waals surface area contributed by atoms with Crippen molar-refractivity contribution in [1.29, 1.82) is 0 Å². The number of nitrogens with zero attached hydrogens (tertiary/aromatic N) is 2. The number of imide groups is 2. The van der Waals surface area contributed by atoms with Crippen molar-refractivity contribution in [3.05, 3.63) is 48.5 Å². The molecule has 1 aliphatic heterocycles. The van der Waals surface area contributed by atoms with Gasteiger partial charge in [0.05, 0.1) is 23.6 Å². The summed E-state index contributed by atoms with van der Waals surface area (Å²) >= 11 is 0. The van der Waals surface area contributed by atoms with Crippen molar-refractivity contribution in [1.82, 2.24) is 0 Å². The maximum atomic E-state index is 13.0. The molecule has 7 nitrogen and oxygen atoms in total. The third kappa shape index (κ3) is 3.95. The summed E-state index contributed by atoms with van der Waals surface area (Å²) in [5, 5.41) is 0. The number of carbonyl (C=O) groups is 3. The lowest BCUT2D eigenvalue weighted by atomic mass is 10.2. The van der Waals surface area contributed by atoms with Gasteiger partial charge in [0.2, 0.25) is 0 Å². The third-order valence-electron chi connectivity index (χ3n) is 6.37. The van der Waals surface area contributed by atoms with Crippen LogP contribution in [0.4, 0.5) is 16.2 Å². The summed E-state index contributed by atoms with van der Waals surface area (Å²) in [7, 11) is 0. The van der Waals surface area contributed by atoms with Crippen LogP contribution in [0.1, 0.15) is 51.4 Å². The van der Waals surface area contributed by atoms with Crippen LogP contribution in [0.5, 0.6) is 11.5 Å². The molecule has 2 aromatic carbocycles. The van der Waals surface area contributed by atoms with Crippen LogP contribution >= 0.6 is 0 Å². The number of hydrogen-bond donors (Lipinski definition) is 0. The minimum atomic E-state index is -0.870. The highest BCUT2D eigenvalue weighted by Crippen LogP contribution is 2.31. The molecule has 4 amide bonds. The SMILES string of the molecule is O=C1C(=O)N(c2ccc(OC3CCCC3)cc2)C(=O)N1c1ccc(OC2CCCC2)cc1. The smallest absolute Gasteiger partial charge is 0.343 e. The van der Waals surface area contributed by atoms with Gasteiger partial charge in [-0.2, -0.15) is 0 Å². The predicted molar refractivity (Wildman–Crippen MR) is 119 cm³/mol. The standard InChI is InChI=1S/C25H26N2O5/c28-23-24(29)27(18-11-15-22(16-12-18)32-20-7-3-4-8-20)25(30)26(23)17-9-13-21(14-10-17)31-19-5-1-2-6-19/h9-16,19-20H,1-8H2. The summed E-state index contributed by atoms with van der Waals surface area (Å²) in [6.45, 7) is 0. The second-order valence-corrected chi connectivity index (χ2v) is 8.60. The molecule has 0 radical (unpaired) electrons. The van der Waals surface area contributed by atoms with Crippen molar-refractivity contribution in [2.75, 3.05) is 9.80 Å². The zero-order valence-corrected chi connectivity index (χ0v) is 17.9. The fourth-order valence-corrected chi connectivity index (χ4v) is 4.67. The molecule has 0 N–H and O–H groups in total. The van der Waals surface area contributed by atoms with Gasteiger partial charge < -0.3 is 9.47 Å². The van der Waals surface area contributed by atoms with E-state index in [2.05, 4.69) is 0 Å². The second-order valence-electron chi connectivity index (χ2n) is 8.60. The highest BCUT2D eigenvalue weighted by Gasteiger charge is 2.46. The van der Waals surface area contributed by atoms with Gasteiger partial charge in [-0.25, -0.2) is 14.6 Å². The summed E-state index contributed by atoms with van der Waals surface area (Å²) in [4.78, 5) is 40.1. The van der Waals surface area contributed by atoms with Gasteiger partial charge in [-0.05, 0) is 99.9 Å². The summed E-state index contributed by atoms with van der Waals surface area (Å²) in [5.41, 5.74) is 0.687. The summed E-state index contributed by atoms with van der Waals surface area (Å²) < 4.78 is 11.9. The van der Waals surface area contributed by atoms with E-state index in [0.29, 0.717) is 22.9 Å². The Kier molecular flexibility index (Phi) is 5.55. The molecule has 0 atom stereocenters. The van der Waals surface area contributed by atoms with Crippen molar-refractivity contribution in [3.8, 4) is 11.5 Å². The quantitative estimate of drug-likeness (QED) is 0.481. The highest BCUT2D eigenvalue weighted by atomic mass is 16.5. The summed E-state index contributed by atoms with van der Waals surface area (Å²) in [6.07, 6.45) is 9.28. The van der Waals surface area contributed by atoms with E-state index in [9.17, 15) is 14.4 Å². The van der Waals surface area contributed by atoms with Gasteiger partial charge in [0.1, 0.15) is 11.5 Å². The van der Waals surface area contributed by atoms with E-state index in [1.807, 2.05) is 0 Å². The number of amides is 4. The monoisotopic (exact) mass is 434 g/mol. The Balaban J connectivity index is 1.30. The summed E-state index contributed by atoms with van der Waals surface area (Å²) in [5.74, 6) is -0.349. The number of urea groups is 1. The van der Waals surface area contributed by atoms with E-state index < -0.39 is 17.8 Å². The van der Waals surface area contributed by atoms with Crippen LogP contribution in [0, 0.1) is 0 Å². The van der Waals surface area contributed by atoms with Gasteiger partial charge in [0.15, 0.2) is 0 Å². The molecule has 1 heterocycles. The minimum absolute atomic E-state index is 0.216. The molecule has 0 spiro atoms. The van der Waals surface area contributed by atoms with Crippen LogP contribution in [-0.2, 0) is 9.59 Å². The predicted octanol–water partition coefficient (Wildman–Crippen LogP) is 4.83. The molecule has 2 aromatic rings. The molecule has 2 saturated carbocycles. The fraction of sp³-hybridized carbons (Fsp3) is 0.400. The Bertz CT molecular complexity index is 924. The average Bonchev–Trinajstić information content (AvgIpc) is 3.54. The number of hydrogen-bond acceptors (Lipinski definition) is 5. The number of rotatable bonds is 6. The van der Waals surface area contributed by atoms with E-state index in [-0.39, 0.29) is 12.2 Å². The maximum Gasteiger partial charge on any atom is 0.343 e. The molecule has 0 unspecified atom stereocenters. The van der Waals surface area contributed by atoms with E-state index in [4.69, 9.17) is 9.47 Å². The molecule has 3 aliphatic rings. The Hall–Kier alpha value is -3.35. The molecule has 5 rings (SSSR count). The molecule has 32 heavy (non-hydrogen) atoms. The van der Waals surface area contributed by atoms with Crippen molar-refractivity contribution in [2.45, 2.75) is 63.6 Å². The molecule has 0 bridgehead atoms. The molecule has 2 aliphatic carbocycles. The van der Waals surface area contributed by atoms with Crippen LogP contribution in [-0.4, -0.2) is 30.1 Å². The van der Waals surface area contributed by atoms with E-state index in [0.717, 1.165) is 35.5 Å². The second kappa shape index (κ2) is 8.65. The summed E-state index contributed by atoms with van der Waals surface area (Å²) in [6, 6.07) is 12.8. The fourth-order valence-electron chi connectivity index (χ4n) is 4.67. The lowest BCUT2D eigenvalue weighted by molar-refractivity contribution is -0.133. The zero-order chi connectivity index (χ0) is 22.1. The van der Waals surface area contributed by atoms with E-state index in [1.165, 1.54) is 25.7 Å². The Morgan fingerprint density at radius 2 is 0.906 bits per heavy atom. The Morgan fingerprint density at radius 1 is 0.562 bits per heavy atom. The maximum absolute atomic E-state index is 13.0. The molecule has 0 aromatic heterocycles. The van der Waals surface area contributed by atoms with Crippen LogP contribution < -0.4 is 19.3 Å². The van der Waals surface area contributed by atoms with E-state index in [1.54, 1.807) is 48.5 Å². The highest BCUT2D eigenvalue weighted by molar-refractivity contribution is 6.60. The lowest BCUT2D eigenvalue weighted by Gasteiger charge is -2.18. The van der Waals surface area contributed by atoms with Crippen LogP contribution in [0.25, 0.3) is 0 Å². The molecular formula is C25H26N2O5. The number of anilines is 2. The Morgan fingerprint density at radius 3 is 1.25 bits per heavy atom. The first kappa shape index (κ1) is 20.5. The third-order valence-corrected chi connectivity index (χ3v) is 6.37. The van der Waals surface area contributed by atoms with Crippen LogP contribution in [0.15, 0.2) is 48.5 Å².